The molecule has 1 aliphatic rings. The van der Waals surface area contributed by atoms with Crippen LogP contribution >= 0.6 is 11.3 Å². The normalized spacial score (nSPS) is 17.1. The zero-order valence-corrected chi connectivity index (χ0v) is 11.5. The van der Waals surface area contributed by atoms with Crippen LogP contribution in [0.2, 0.25) is 0 Å². The van der Waals surface area contributed by atoms with E-state index >= 15 is 0 Å². The second kappa shape index (κ2) is 6.56. The molecular formula is C13H19N3O2S. The van der Waals surface area contributed by atoms with Crippen molar-refractivity contribution in [2.24, 2.45) is 5.73 Å². The van der Waals surface area contributed by atoms with Crippen LogP contribution in [0, 0.1) is 0 Å². The minimum atomic E-state index is -0.605. The van der Waals surface area contributed by atoms with Crippen molar-refractivity contribution >= 4 is 23.3 Å². The lowest BCUT2D eigenvalue weighted by Gasteiger charge is -2.18. The molecule has 1 unspecified atom stereocenters. The number of nitrogens with two attached hydrogens (primary N) is 1. The second-order valence-electron chi connectivity index (χ2n) is 4.83. The average Bonchev–Trinajstić information content (AvgIpc) is 2.99. The zero-order valence-electron chi connectivity index (χ0n) is 10.7. The van der Waals surface area contributed by atoms with Gasteiger partial charge in [0, 0.05) is 10.9 Å². The van der Waals surface area contributed by atoms with Crippen molar-refractivity contribution in [3.8, 4) is 0 Å². The fourth-order valence-corrected chi connectivity index (χ4v) is 3.20. The molecule has 4 N–H and O–H groups in total. The lowest BCUT2D eigenvalue weighted by atomic mass is 10.1. The molecule has 1 atom stereocenters. The molecule has 1 aromatic rings. The average molecular weight is 281 g/mol. The van der Waals surface area contributed by atoms with Gasteiger partial charge in [0.2, 0.25) is 5.91 Å². The van der Waals surface area contributed by atoms with Crippen LogP contribution in [0.4, 0.5) is 4.79 Å². The van der Waals surface area contributed by atoms with Gasteiger partial charge in [0.15, 0.2) is 0 Å². The molecule has 104 valence electrons. The van der Waals surface area contributed by atoms with Crippen molar-refractivity contribution in [3.63, 3.8) is 0 Å². The van der Waals surface area contributed by atoms with Crippen LogP contribution in [0.15, 0.2) is 17.5 Å². The van der Waals surface area contributed by atoms with Gasteiger partial charge in [-0.1, -0.05) is 18.9 Å². The molecule has 19 heavy (non-hydrogen) atoms. The summed E-state index contributed by atoms with van der Waals surface area (Å²) < 4.78 is 0. The van der Waals surface area contributed by atoms with Crippen molar-refractivity contribution in [2.75, 3.05) is 0 Å². The Morgan fingerprint density at radius 2 is 2.16 bits per heavy atom. The summed E-state index contributed by atoms with van der Waals surface area (Å²) in [5.41, 5.74) is 5.16. The predicted octanol–water partition coefficient (Wildman–Crippen LogP) is 1.91. The predicted molar refractivity (Wildman–Crippen MR) is 74.8 cm³/mol. The van der Waals surface area contributed by atoms with Gasteiger partial charge in [0.25, 0.3) is 0 Å². The minimum absolute atomic E-state index is 0.0287. The Kier molecular flexibility index (Phi) is 4.79. The van der Waals surface area contributed by atoms with Crippen LogP contribution in [0.25, 0.3) is 0 Å². The van der Waals surface area contributed by atoms with E-state index < -0.39 is 6.03 Å². The van der Waals surface area contributed by atoms with Crippen molar-refractivity contribution in [2.45, 2.75) is 44.2 Å². The molecule has 0 aromatic carbocycles. The van der Waals surface area contributed by atoms with E-state index in [4.69, 9.17) is 5.73 Å². The standard InChI is InChI=1S/C13H19N3O2S/c14-13(18)16-10(11-6-3-7-19-11)8-12(17)15-9-4-1-2-5-9/h3,6-7,9-10H,1-2,4-5,8H2,(H,15,17)(H3,14,16,18). The fraction of sp³-hybridized carbons (Fsp3) is 0.538. The highest BCUT2D eigenvalue weighted by atomic mass is 32.1. The summed E-state index contributed by atoms with van der Waals surface area (Å²) >= 11 is 1.51. The highest BCUT2D eigenvalue weighted by Crippen LogP contribution is 2.23. The molecule has 0 bridgehead atoms. The first-order valence-electron chi connectivity index (χ1n) is 6.54. The quantitative estimate of drug-likeness (QED) is 0.770. The summed E-state index contributed by atoms with van der Waals surface area (Å²) in [4.78, 5) is 23.9. The number of hydrogen-bond acceptors (Lipinski definition) is 3. The number of rotatable bonds is 5. The molecule has 1 aromatic heterocycles. The Bertz CT molecular complexity index is 427. The summed E-state index contributed by atoms with van der Waals surface area (Å²) in [6.45, 7) is 0. The van der Waals surface area contributed by atoms with Crippen molar-refractivity contribution < 1.29 is 9.59 Å². The molecule has 1 fully saturated rings. The van der Waals surface area contributed by atoms with Gasteiger partial charge < -0.3 is 16.4 Å². The fourth-order valence-electron chi connectivity index (χ4n) is 2.43. The molecule has 0 saturated heterocycles. The number of primary amides is 1. The van der Waals surface area contributed by atoms with Crippen LogP contribution in [-0.4, -0.2) is 18.0 Å². The van der Waals surface area contributed by atoms with Gasteiger partial charge in [-0.15, -0.1) is 11.3 Å². The number of carbonyl (C=O) groups is 2. The number of amides is 3. The van der Waals surface area contributed by atoms with E-state index in [1.807, 2.05) is 17.5 Å². The lowest BCUT2D eigenvalue weighted by molar-refractivity contribution is -0.122. The van der Waals surface area contributed by atoms with Gasteiger partial charge in [-0.25, -0.2) is 4.79 Å². The largest absolute Gasteiger partial charge is 0.353 e. The van der Waals surface area contributed by atoms with Crippen LogP contribution in [-0.2, 0) is 4.79 Å². The van der Waals surface area contributed by atoms with Crippen LogP contribution in [0.5, 0.6) is 0 Å². The zero-order chi connectivity index (χ0) is 13.7. The smallest absolute Gasteiger partial charge is 0.312 e. The van der Waals surface area contributed by atoms with Gasteiger partial charge in [-0.2, -0.15) is 0 Å². The van der Waals surface area contributed by atoms with Gasteiger partial charge in [-0.05, 0) is 24.3 Å². The van der Waals surface area contributed by atoms with E-state index in [1.165, 1.54) is 24.2 Å². The number of hydrogen-bond donors (Lipinski definition) is 3. The third-order valence-corrected chi connectivity index (χ3v) is 4.30. The van der Waals surface area contributed by atoms with Crippen molar-refractivity contribution in [3.05, 3.63) is 22.4 Å². The minimum Gasteiger partial charge on any atom is -0.353 e. The maximum absolute atomic E-state index is 12.0. The first kappa shape index (κ1) is 13.9. The molecule has 0 aliphatic heterocycles. The third kappa shape index (κ3) is 4.24. The summed E-state index contributed by atoms with van der Waals surface area (Å²) in [6.07, 6.45) is 4.70. The van der Waals surface area contributed by atoms with Gasteiger partial charge in [-0.3, -0.25) is 4.79 Å². The number of thiophene rings is 1. The van der Waals surface area contributed by atoms with Crippen molar-refractivity contribution in [1.82, 2.24) is 10.6 Å². The Labute approximate surface area is 116 Å². The number of nitrogens with one attached hydrogen (secondary N) is 2. The molecule has 3 amide bonds. The first-order valence-corrected chi connectivity index (χ1v) is 7.42. The second-order valence-corrected chi connectivity index (χ2v) is 5.81. The Balaban J connectivity index is 1.91. The van der Waals surface area contributed by atoms with E-state index in [1.54, 1.807) is 0 Å². The van der Waals surface area contributed by atoms with Gasteiger partial charge in [0.05, 0.1) is 12.5 Å². The molecule has 6 heteroatoms. The van der Waals surface area contributed by atoms with E-state index in [0.717, 1.165) is 17.7 Å². The molecule has 1 aliphatic carbocycles. The van der Waals surface area contributed by atoms with Crippen LogP contribution in [0.1, 0.15) is 43.0 Å². The molecule has 0 radical (unpaired) electrons. The highest BCUT2D eigenvalue weighted by molar-refractivity contribution is 7.10. The Morgan fingerprint density at radius 3 is 2.74 bits per heavy atom. The van der Waals surface area contributed by atoms with E-state index in [-0.39, 0.29) is 18.4 Å². The van der Waals surface area contributed by atoms with E-state index in [2.05, 4.69) is 10.6 Å². The van der Waals surface area contributed by atoms with Gasteiger partial charge in [0.1, 0.15) is 0 Å². The molecule has 1 saturated carbocycles. The monoisotopic (exact) mass is 281 g/mol. The molecule has 2 rings (SSSR count). The molecule has 5 nitrogen and oxygen atoms in total. The molecular weight excluding hydrogens is 262 g/mol. The molecule has 1 heterocycles. The van der Waals surface area contributed by atoms with Gasteiger partial charge >= 0.3 is 6.03 Å². The number of carbonyl (C=O) groups excluding carboxylic acids is 2. The van der Waals surface area contributed by atoms with E-state index in [0.29, 0.717) is 6.04 Å². The topological polar surface area (TPSA) is 84.2 Å². The van der Waals surface area contributed by atoms with Crippen molar-refractivity contribution in [1.29, 1.82) is 0 Å². The maximum Gasteiger partial charge on any atom is 0.312 e. The number of urea groups is 1. The highest BCUT2D eigenvalue weighted by Gasteiger charge is 2.21. The summed E-state index contributed by atoms with van der Waals surface area (Å²) in [5.74, 6) is -0.0287. The Morgan fingerprint density at radius 1 is 1.42 bits per heavy atom. The Hall–Kier alpha value is -1.56. The summed E-state index contributed by atoms with van der Waals surface area (Å²) in [7, 11) is 0. The maximum atomic E-state index is 12.0. The third-order valence-electron chi connectivity index (χ3n) is 3.31. The molecule has 0 spiro atoms. The summed E-state index contributed by atoms with van der Waals surface area (Å²) in [6, 6.07) is 3.15. The first-order chi connectivity index (χ1) is 9.15. The van der Waals surface area contributed by atoms with Crippen LogP contribution < -0.4 is 16.4 Å². The van der Waals surface area contributed by atoms with Crippen LogP contribution in [0.3, 0.4) is 0 Å². The lowest BCUT2D eigenvalue weighted by Crippen LogP contribution is -2.38. The van der Waals surface area contributed by atoms with E-state index in [9.17, 15) is 9.59 Å². The SMILES string of the molecule is NC(=O)NC(CC(=O)NC1CCCC1)c1cccs1. The summed E-state index contributed by atoms with van der Waals surface area (Å²) in [5, 5.41) is 7.56.